The Bertz CT molecular complexity index is 482. The minimum atomic E-state index is -0.254. The molecule has 22 heavy (non-hydrogen) atoms. The average Bonchev–Trinajstić information content (AvgIpc) is 2.53. The molecular formula is C19H26O3. The predicted molar refractivity (Wildman–Crippen MR) is 86.0 cm³/mol. The molecule has 0 atom stereocenters. The highest BCUT2D eigenvalue weighted by molar-refractivity contribution is 5.89. The first kappa shape index (κ1) is 15.5. The smallest absolute Gasteiger partial charge is 0.337 e. The lowest BCUT2D eigenvalue weighted by Crippen LogP contribution is -2.28. The number of carbonyl (C=O) groups is 1. The first-order chi connectivity index (χ1) is 10.8. The van der Waals surface area contributed by atoms with Crippen LogP contribution in [0.3, 0.4) is 0 Å². The molecule has 0 unspecified atom stereocenters. The van der Waals surface area contributed by atoms with Crippen molar-refractivity contribution in [2.75, 3.05) is 20.3 Å². The molecular weight excluding hydrogens is 276 g/mol. The van der Waals surface area contributed by atoms with E-state index < -0.39 is 0 Å². The number of hydrogen-bond donors (Lipinski definition) is 0. The van der Waals surface area contributed by atoms with Crippen molar-refractivity contribution >= 4 is 5.97 Å². The summed E-state index contributed by atoms with van der Waals surface area (Å²) in [5.74, 6) is 2.15. The Morgan fingerprint density at radius 1 is 1.05 bits per heavy atom. The lowest BCUT2D eigenvalue weighted by Gasteiger charge is -2.31. The summed E-state index contributed by atoms with van der Waals surface area (Å²) in [6, 6.07) is 7.99. The molecule has 0 aromatic heterocycles. The van der Waals surface area contributed by atoms with Gasteiger partial charge in [-0.05, 0) is 61.6 Å². The molecule has 0 bridgehead atoms. The van der Waals surface area contributed by atoms with Gasteiger partial charge in [0.15, 0.2) is 0 Å². The second kappa shape index (κ2) is 7.28. The van der Waals surface area contributed by atoms with Gasteiger partial charge in [-0.25, -0.2) is 4.79 Å². The van der Waals surface area contributed by atoms with E-state index >= 15 is 0 Å². The molecule has 1 heterocycles. The molecule has 1 aromatic carbocycles. The molecule has 2 fully saturated rings. The second-order valence-corrected chi connectivity index (χ2v) is 6.81. The van der Waals surface area contributed by atoms with Crippen LogP contribution in [-0.4, -0.2) is 26.3 Å². The fourth-order valence-corrected chi connectivity index (χ4v) is 3.72. The summed E-state index contributed by atoms with van der Waals surface area (Å²) in [5, 5.41) is 0. The van der Waals surface area contributed by atoms with Gasteiger partial charge in [-0.2, -0.15) is 0 Å². The largest absolute Gasteiger partial charge is 0.465 e. The van der Waals surface area contributed by atoms with Crippen LogP contribution in [0, 0.1) is 11.8 Å². The summed E-state index contributed by atoms with van der Waals surface area (Å²) < 4.78 is 10.00. The number of methoxy groups -OCH3 is 1. The van der Waals surface area contributed by atoms with Crippen molar-refractivity contribution in [3.63, 3.8) is 0 Å². The molecule has 1 aliphatic carbocycles. The van der Waals surface area contributed by atoms with E-state index in [2.05, 4.69) is 12.1 Å². The zero-order valence-corrected chi connectivity index (χ0v) is 13.4. The van der Waals surface area contributed by atoms with Crippen molar-refractivity contribution in [1.29, 1.82) is 0 Å². The highest BCUT2D eigenvalue weighted by Gasteiger charge is 2.25. The number of hydrogen-bond acceptors (Lipinski definition) is 3. The molecule has 3 rings (SSSR count). The van der Waals surface area contributed by atoms with Crippen molar-refractivity contribution in [3.05, 3.63) is 35.4 Å². The first-order valence-corrected chi connectivity index (χ1v) is 8.52. The van der Waals surface area contributed by atoms with Crippen molar-refractivity contribution in [1.82, 2.24) is 0 Å². The van der Waals surface area contributed by atoms with Crippen LogP contribution in [0.2, 0.25) is 0 Å². The zero-order chi connectivity index (χ0) is 15.4. The SMILES string of the molecule is COC(=O)c1ccc(C2CCC(CCC3COC3)CC2)cc1. The van der Waals surface area contributed by atoms with Crippen LogP contribution >= 0.6 is 0 Å². The third-order valence-corrected chi connectivity index (χ3v) is 5.34. The molecule has 2 aliphatic rings. The minimum Gasteiger partial charge on any atom is -0.465 e. The Labute approximate surface area is 133 Å². The van der Waals surface area contributed by atoms with E-state index in [1.165, 1.54) is 51.2 Å². The lowest BCUT2D eigenvalue weighted by molar-refractivity contribution is -0.0385. The van der Waals surface area contributed by atoms with Crippen LogP contribution in [0.15, 0.2) is 24.3 Å². The molecule has 1 aliphatic heterocycles. The summed E-state index contributed by atoms with van der Waals surface area (Å²) in [6.45, 7) is 1.98. The molecule has 1 aromatic rings. The molecule has 3 heteroatoms. The Hall–Kier alpha value is -1.35. The first-order valence-electron chi connectivity index (χ1n) is 8.52. The number of carbonyl (C=O) groups excluding carboxylic acids is 1. The Balaban J connectivity index is 1.47. The van der Waals surface area contributed by atoms with Gasteiger partial charge in [-0.3, -0.25) is 0 Å². The van der Waals surface area contributed by atoms with Crippen molar-refractivity contribution in [2.45, 2.75) is 44.4 Å². The van der Waals surface area contributed by atoms with Gasteiger partial charge in [0, 0.05) is 5.92 Å². The Morgan fingerprint density at radius 2 is 1.68 bits per heavy atom. The van der Waals surface area contributed by atoms with E-state index in [4.69, 9.17) is 9.47 Å². The summed E-state index contributed by atoms with van der Waals surface area (Å²) in [4.78, 5) is 11.5. The highest BCUT2D eigenvalue weighted by atomic mass is 16.5. The van der Waals surface area contributed by atoms with Gasteiger partial charge in [0.2, 0.25) is 0 Å². The number of rotatable bonds is 5. The van der Waals surface area contributed by atoms with Gasteiger partial charge in [0.25, 0.3) is 0 Å². The van der Waals surface area contributed by atoms with E-state index in [0.29, 0.717) is 11.5 Å². The van der Waals surface area contributed by atoms with Gasteiger partial charge in [-0.1, -0.05) is 18.6 Å². The zero-order valence-electron chi connectivity index (χ0n) is 13.4. The van der Waals surface area contributed by atoms with Crippen LogP contribution in [0.5, 0.6) is 0 Å². The van der Waals surface area contributed by atoms with Gasteiger partial charge >= 0.3 is 5.97 Å². The quantitative estimate of drug-likeness (QED) is 0.766. The van der Waals surface area contributed by atoms with E-state index in [1.807, 2.05) is 12.1 Å². The Kier molecular flexibility index (Phi) is 5.14. The van der Waals surface area contributed by atoms with E-state index in [-0.39, 0.29) is 5.97 Å². The molecule has 0 amide bonds. The van der Waals surface area contributed by atoms with Crippen LogP contribution < -0.4 is 0 Å². The maximum absolute atomic E-state index is 11.5. The van der Waals surface area contributed by atoms with Crippen molar-refractivity contribution < 1.29 is 14.3 Å². The van der Waals surface area contributed by atoms with Gasteiger partial charge < -0.3 is 9.47 Å². The maximum Gasteiger partial charge on any atom is 0.337 e. The fraction of sp³-hybridized carbons (Fsp3) is 0.632. The average molecular weight is 302 g/mol. The summed E-state index contributed by atoms with van der Waals surface area (Å²) >= 11 is 0. The van der Waals surface area contributed by atoms with Gasteiger partial charge in [0.05, 0.1) is 25.9 Å². The summed E-state index contributed by atoms with van der Waals surface area (Å²) in [7, 11) is 1.42. The van der Waals surface area contributed by atoms with Gasteiger partial charge in [-0.15, -0.1) is 0 Å². The number of benzene rings is 1. The van der Waals surface area contributed by atoms with E-state index in [0.717, 1.165) is 25.0 Å². The fourth-order valence-electron chi connectivity index (χ4n) is 3.72. The lowest BCUT2D eigenvalue weighted by atomic mass is 9.76. The monoisotopic (exact) mass is 302 g/mol. The van der Waals surface area contributed by atoms with Crippen molar-refractivity contribution in [2.24, 2.45) is 11.8 Å². The molecule has 120 valence electrons. The van der Waals surface area contributed by atoms with Crippen LogP contribution in [-0.2, 0) is 9.47 Å². The third-order valence-electron chi connectivity index (χ3n) is 5.34. The minimum absolute atomic E-state index is 0.254. The normalized spacial score (nSPS) is 25.5. The predicted octanol–water partition coefficient (Wildman–Crippen LogP) is 4.17. The van der Waals surface area contributed by atoms with Crippen LogP contribution in [0.25, 0.3) is 0 Å². The highest BCUT2D eigenvalue weighted by Crippen LogP contribution is 2.38. The third kappa shape index (κ3) is 3.70. The maximum atomic E-state index is 11.5. The number of esters is 1. The van der Waals surface area contributed by atoms with Gasteiger partial charge in [0.1, 0.15) is 0 Å². The summed E-state index contributed by atoms with van der Waals surface area (Å²) in [5.41, 5.74) is 2.01. The topological polar surface area (TPSA) is 35.5 Å². The number of ether oxygens (including phenoxy) is 2. The molecule has 1 saturated heterocycles. The molecule has 0 spiro atoms. The van der Waals surface area contributed by atoms with Crippen LogP contribution in [0.1, 0.15) is 60.4 Å². The molecule has 1 saturated carbocycles. The molecule has 0 N–H and O–H groups in total. The molecule has 3 nitrogen and oxygen atoms in total. The standard InChI is InChI=1S/C19H26O3/c1-21-19(20)18-10-8-17(9-11-18)16-6-4-14(5-7-16)2-3-15-12-22-13-15/h8-11,14-16H,2-7,12-13H2,1H3. The van der Waals surface area contributed by atoms with Crippen molar-refractivity contribution in [3.8, 4) is 0 Å². The summed E-state index contributed by atoms with van der Waals surface area (Å²) in [6.07, 6.45) is 7.98. The van der Waals surface area contributed by atoms with E-state index in [9.17, 15) is 4.79 Å². The van der Waals surface area contributed by atoms with E-state index in [1.54, 1.807) is 0 Å². The Morgan fingerprint density at radius 3 is 2.23 bits per heavy atom. The second-order valence-electron chi connectivity index (χ2n) is 6.81. The van der Waals surface area contributed by atoms with Crippen LogP contribution in [0.4, 0.5) is 0 Å². The molecule has 0 radical (unpaired) electrons.